The van der Waals surface area contributed by atoms with Gasteiger partial charge in [0, 0.05) is 25.7 Å². The second-order valence-corrected chi connectivity index (χ2v) is 5.77. The van der Waals surface area contributed by atoms with Crippen LogP contribution in [0.4, 0.5) is 11.4 Å². The number of anilines is 2. The Morgan fingerprint density at radius 2 is 1.68 bits per heavy atom. The summed E-state index contributed by atoms with van der Waals surface area (Å²) < 4.78 is 0. The Hall–Kier alpha value is -2.29. The van der Waals surface area contributed by atoms with E-state index in [1.807, 2.05) is 47.4 Å². The molecule has 0 saturated carbocycles. The summed E-state index contributed by atoms with van der Waals surface area (Å²) >= 11 is 0. The first-order valence-corrected chi connectivity index (χ1v) is 7.91. The molecule has 114 valence electrons. The van der Waals surface area contributed by atoms with Crippen LogP contribution in [0.5, 0.6) is 0 Å². The molecule has 0 unspecified atom stereocenters. The van der Waals surface area contributed by atoms with Gasteiger partial charge in [0.05, 0.1) is 11.4 Å². The van der Waals surface area contributed by atoms with Crippen molar-refractivity contribution in [1.29, 1.82) is 0 Å². The maximum atomic E-state index is 12.9. The van der Waals surface area contributed by atoms with Crippen LogP contribution >= 0.6 is 0 Å². The smallest absolute Gasteiger partial charge is 0.258 e. The van der Waals surface area contributed by atoms with Crippen LogP contribution < -0.4 is 9.80 Å². The molecule has 0 aromatic heterocycles. The van der Waals surface area contributed by atoms with Crippen LogP contribution in [0.2, 0.25) is 0 Å². The van der Waals surface area contributed by atoms with Crippen LogP contribution in [-0.4, -0.2) is 26.0 Å². The molecule has 0 aliphatic carbocycles. The molecule has 0 N–H and O–H groups in total. The monoisotopic (exact) mass is 294 g/mol. The highest BCUT2D eigenvalue weighted by Crippen LogP contribution is 2.32. The summed E-state index contributed by atoms with van der Waals surface area (Å²) in [6, 6.07) is 16.1. The average Bonchev–Trinajstić information content (AvgIpc) is 2.74. The van der Waals surface area contributed by atoms with Crippen LogP contribution in [0.15, 0.2) is 48.5 Å². The first-order valence-electron chi connectivity index (χ1n) is 7.91. The number of fused-ring (bicyclic) bond motifs is 1. The average molecular weight is 294 g/mol. The largest absolute Gasteiger partial charge is 0.373 e. The number of hydrogen-bond acceptors (Lipinski definition) is 2. The summed E-state index contributed by atoms with van der Waals surface area (Å²) in [4.78, 5) is 17.1. The fourth-order valence-electron chi connectivity index (χ4n) is 2.97. The summed E-state index contributed by atoms with van der Waals surface area (Å²) in [5.41, 5.74) is 4.15. The van der Waals surface area contributed by atoms with E-state index in [1.165, 1.54) is 5.56 Å². The van der Waals surface area contributed by atoms with Crippen molar-refractivity contribution in [2.45, 2.75) is 19.8 Å². The first kappa shape index (κ1) is 14.6. The van der Waals surface area contributed by atoms with Crippen molar-refractivity contribution in [3.63, 3.8) is 0 Å². The minimum atomic E-state index is 0.0883. The SMILES string of the molecule is CCc1ccc(C(=O)N2CCCN(C)c3ccccc32)cc1. The Labute approximate surface area is 132 Å². The standard InChI is InChI=1S/C19H22N2O/c1-3-15-9-11-16(12-10-15)19(22)21-14-6-13-20(2)17-7-4-5-8-18(17)21/h4-5,7-12H,3,6,13-14H2,1-2H3. The van der Waals surface area contributed by atoms with E-state index in [0.29, 0.717) is 0 Å². The third-order valence-corrected chi connectivity index (χ3v) is 4.31. The van der Waals surface area contributed by atoms with E-state index in [9.17, 15) is 4.79 Å². The molecule has 1 heterocycles. The summed E-state index contributed by atoms with van der Waals surface area (Å²) in [7, 11) is 2.09. The van der Waals surface area contributed by atoms with Gasteiger partial charge >= 0.3 is 0 Å². The lowest BCUT2D eigenvalue weighted by molar-refractivity contribution is 0.0987. The van der Waals surface area contributed by atoms with Crippen molar-refractivity contribution < 1.29 is 4.79 Å². The Kier molecular flexibility index (Phi) is 4.14. The van der Waals surface area contributed by atoms with Gasteiger partial charge in [0.1, 0.15) is 0 Å². The minimum absolute atomic E-state index is 0.0883. The summed E-state index contributed by atoms with van der Waals surface area (Å²) in [5.74, 6) is 0.0883. The van der Waals surface area contributed by atoms with Gasteiger partial charge in [-0.1, -0.05) is 31.2 Å². The normalized spacial score (nSPS) is 14.5. The minimum Gasteiger partial charge on any atom is -0.373 e. The highest BCUT2D eigenvalue weighted by molar-refractivity contribution is 6.08. The molecule has 22 heavy (non-hydrogen) atoms. The van der Waals surface area contributed by atoms with Crippen molar-refractivity contribution in [2.75, 3.05) is 29.9 Å². The van der Waals surface area contributed by atoms with Gasteiger partial charge in [-0.3, -0.25) is 4.79 Å². The van der Waals surface area contributed by atoms with Gasteiger partial charge in [0.2, 0.25) is 0 Å². The quantitative estimate of drug-likeness (QED) is 0.842. The molecule has 2 aromatic carbocycles. The Balaban J connectivity index is 1.95. The van der Waals surface area contributed by atoms with Gasteiger partial charge in [-0.05, 0) is 42.7 Å². The van der Waals surface area contributed by atoms with Gasteiger partial charge in [-0.15, -0.1) is 0 Å². The van der Waals surface area contributed by atoms with Crippen LogP contribution in [0, 0.1) is 0 Å². The first-order chi connectivity index (χ1) is 10.7. The molecule has 0 bridgehead atoms. The second kappa shape index (κ2) is 6.22. The van der Waals surface area contributed by atoms with E-state index >= 15 is 0 Å². The molecule has 0 radical (unpaired) electrons. The third kappa shape index (κ3) is 2.71. The van der Waals surface area contributed by atoms with Crippen LogP contribution in [0.1, 0.15) is 29.3 Å². The van der Waals surface area contributed by atoms with Crippen molar-refractivity contribution in [2.24, 2.45) is 0 Å². The molecule has 1 aliphatic rings. The zero-order chi connectivity index (χ0) is 15.5. The molecule has 3 heteroatoms. The highest BCUT2D eigenvalue weighted by Gasteiger charge is 2.23. The predicted molar refractivity (Wildman–Crippen MR) is 91.8 cm³/mol. The zero-order valence-electron chi connectivity index (χ0n) is 13.2. The highest BCUT2D eigenvalue weighted by atomic mass is 16.2. The third-order valence-electron chi connectivity index (χ3n) is 4.31. The number of amides is 1. The number of para-hydroxylation sites is 2. The summed E-state index contributed by atoms with van der Waals surface area (Å²) in [6.07, 6.45) is 1.97. The molecule has 1 aliphatic heterocycles. The molecule has 3 rings (SSSR count). The molecular weight excluding hydrogens is 272 g/mol. The fraction of sp³-hybridized carbons (Fsp3) is 0.316. The number of benzene rings is 2. The maximum Gasteiger partial charge on any atom is 0.258 e. The fourth-order valence-corrected chi connectivity index (χ4v) is 2.97. The van der Waals surface area contributed by atoms with Crippen LogP contribution in [0.3, 0.4) is 0 Å². The molecule has 0 fully saturated rings. The van der Waals surface area contributed by atoms with Crippen molar-refractivity contribution >= 4 is 17.3 Å². The molecule has 0 atom stereocenters. The number of carbonyl (C=O) groups excluding carboxylic acids is 1. The molecule has 0 saturated heterocycles. The van der Waals surface area contributed by atoms with E-state index in [2.05, 4.69) is 24.9 Å². The van der Waals surface area contributed by atoms with Gasteiger partial charge in [-0.25, -0.2) is 0 Å². The summed E-state index contributed by atoms with van der Waals surface area (Å²) in [5, 5.41) is 0. The van der Waals surface area contributed by atoms with Crippen molar-refractivity contribution in [3.8, 4) is 0 Å². The Bertz CT molecular complexity index is 663. The van der Waals surface area contributed by atoms with Crippen LogP contribution in [-0.2, 0) is 6.42 Å². The summed E-state index contributed by atoms with van der Waals surface area (Å²) in [6.45, 7) is 3.85. The number of rotatable bonds is 2. The Morgan fingerprint density at radius 3 is 2.36 bits per heavy atom. The molecule has 1 amide bonds. The number of hydrogen-bond donors (Lipinski definition) is 0. The van der Waals surface area contributed by atoms with Gasteiger partial charge in [0.15, 0.2) is 0 Å². The van der Waals surface area contributed by atoms with Crippen molar-refractivity contribution in [1.82, 2.24) is 0 Å². The molecule has 3 nitrogen and oxygen atoms in total. The zero-order valence-corrected chi connectivity index (χ0v) is 13.2. The Morgan fingerprint density at radius 1 is 1.00 bits per heavy atom. The molecule has 0 spiro atoms. The van der Waals surface area contributed by atoms with E-state index in [0.717, 1.165) is 42.9 Å². The predicted octanol–water partition coefficient (Wildman–Crippen LogP) is 3.74. The number of nitrogens with zero attached hydrogens (tertiary/aromatic N) is 2. The lowest BCUT2D eigenvalue weighted by Crippen LogP contribution is -2.31. The van der Waals surface area contributed by atoms with E-state index in [1.54, 1.807) is 0 Å². The van der Waals surface area contributed by atoms with E-state index in [-0.39, 0.29) is 5.91 Å². The number of aryl methyl sites for hydroxylation is 1. The van der Waals surface area contributed by atoms with E-state index < -0.39 is 0 Å². The topological polar surface area (TPSA) is 23.6 Å². The maximum absolute atomic E-state index is 12.9. The van der Waals surface area contributed by atoms with Gasteiger partial charge in [0.25, 0.3) is 5.91 Å². The van der Waals surface area contributed by atoms with Gasteiger partial charge < -0.3 is 9.80 Å². The lowest BCUT2D eigenvalue weighted by atomic mass is 10.1. The second-order valence-electron chi connectivity index (χ2n) is 5.77. The molecular formula is C19H22N2O. The number of carbonyl (C=O) groups is 1. The van der Waals surface area contributed by atoms with Gasteiger partial charge in [-0.2, -0.15) is 0 Å². The van der Waals surface area contributed by atoms with Crippen LogP contribution in [0.25, 0.3) is 0 Å². The molecule has 2 aromatic rings. The van der Waals surface area contributed by atoms with E-state index in [4.69, 9.17) is 0 Å². The van der Waals surface area contributed by atoms with Crippen molar-refractivity contribution in [3.05, 3.63) is 59.7 Å². The lowest BCUT2D eigenvalue weighted by Gasteiger charge is -2.24.